The Morgan fingerprint density at radius 3 is 2.45 bits per heavy atom. The van der Waals surface area contributed by atoms with Crippen LogP contribution in [0.2, 0.25) is 0 Å². The molecule has 3 aliphatic heterocycles. The summed E-state index contributed by atoms with van der Waals surface area (Å²) in [5, 5.41) is 1.55. The lowest BCUT2D eigenvalue weighted by molar-refractivity contribution is -0.231. The Morgan fingerprint density at radius 2 is 1.79 bits per heavy atom. The Bertz CT molecular complexity index is 705. The molecule has 5 rings (SSSR count). The average molecular weight is 417 g/mol. The number of hydrogen-bond donors (Lipinski definition) is 0. The second-order valence-electron chi connectivity index (χ2n) is 9.59. The Balaban J connectivity index is 1.19. The normalized spacial score (nSPS) is 25.7. The number of hydrogen-bond acceptors (Lipinski definition) is 5. The molecule has 29 heavy (non-hydrogen) atoms. The Labute approximate surface area is 180 Å². The van der Waals surface area contributed by atoms with Crippen molar-refractivity contribution < 1.29 is 9.47 Å². The number of ether oxygens (including phenoxy) is 2. The van der Waals surface area contributed by atoms with Crippen LogP contribution in [0.4, 0.5) is 5.69 Å². The molecule has 1 aromatic carbocycles. The van der Waals surface area contributed by atoms with Gasteiger partial charge in [-0.25, -0.2) is 0 Å². The molecule has 1 aliphatic carbocycles. The fourth-order valence-electron chi connectivity index (χ4n) is 5.28. The van der Waals surface area contributed by atoms with E-state index < -0.39 is 0 Å². The summed E-state index contributed by atoms with van der Waals surface area (Å²) in [5.41, 5.74) is 2.55. The molecule has 3 heterocycles. The van der Waals surface area contributed by atoms with Crippen LogP contribution in [0.3, 0.4) is 0 Å². The molecule has 3 fully saturated rings. The highest BCUT2D eigenvalue weighted by Crippen LogP contribution is 2.41. The molecule has 0 radical (unpaired) electrons. The van der Waals surface area contributed by atoms with Crippen molar-refractivity contribution in [2.24, 2.45) is 0 Å². The van der Waals surface area contributed by atoms with Crippen molar-refractivity contribution in [2.45, 2.75) is 87.7 Å². The first-order valence-electron chi connectivity index (χ1n) is 11.7. The summed E-state index contributed by atoms with van der Waals surface area (Å²) < 4.78 is 12.8. The van der Waals surface area contributed by atoms with E-state index in [1.807, 2.05) is 0 Å². The van der Waals surface area contributed by atoms with Gasteiger partial charge in [-0.2, -0.15) is 11.8 Å². The molecule has 4 nitrogen and oxygen atoms in total. The molecule has 0 N–H and O–H groups in total. The summed E-state index contributed by atoms with van der Waals surface area (Å²) in [6, 6.07) is 7.59. The van der Waals surface area contributed by atoms with Gasteiger partial charge in [0.2, 0.25) is 5.79 Å². The van der Waals surface area contributed by atoms with Crippen LogP contribution in [0, 0.1) is 0 Å². The Hall–Kier alpha value is -0.910. The largest absolute Gasteiger partial charge is 0.462 e. The van der Waals surface area contributed by atoms with Crippen molar-refractivity contribution in [1.82, 2.24) is 4.90 Å². The Kier molecular flexibility index (Phi) is 5.74. The van der Waals surface area contributed by atoms with Crippen LogP contribution >= 0.6 is 11.8 Å². The molecule has 0 atom stereocenters. The van der Waals surface area contributed by atoms with Gasteiger partial charge < -0.3 is 14.4 Å². The van der Waals surface area contributed by atoms with Gasteiger partial charge in [-0.05, 0) is 49.1 Å². The highest BCUT2D eigenvalue weighted by Gasteiger charge is 2.42. The van der Waals surface area contributed by atoms with Crippen LogP contribution in [-0.2, 0) is 11.3 Å². The predicted octanol–water partition coefficient (Wildman–Crippen LogP) is 5.05. The number of anilines is 1. The molecule has 5 heteroatoms. The quantitative estimate of drug-likeness (QED) is 0.684. The summed E-state index contributed by atoms with van der Waals surface area (Å²) in [6.45, 7) is 9.85. The van der Waals surface area contributed by atoms with Crippen LogP contribution in [0.5, 0.6) is 5.75 Å². The van der Waals surface area contributed by atoms with Gasteiger partial charge in [0.25, 0.3) is 0 Å². The minimum Gasteiger partial charge on any atom is -0.462 e. The number of likely N-dealkylation sites (tertiary alicyclic amines) is 1. The monoisotopic (exact) mass is 416 g/mol. The molecule has 0 aromatic heterocycles. The molecule has 160 valence electrons. The second kappa shape index (κ2) is 8.32. The Morgan fingerprint density at radius 1 is 1.03 bits per heavy atom. The minimum atomic E-state index is -0.388. The van der Waals surface area contributed by atoms with Crippen LogP contribution in [0.15, 0.2) is 18.2 Å². The van der Waals surface area contributed by atoms with E-state index in [9.17, 15) is 0 Å². The molecule has 2 saturated heterocycles. The topological polar surface area (TPSA) is 24.9 Å². The molecule has 0 bridgehead atoms. The number of nitrogens with zero attached hydrogens (tertiary/aromatic N) is 2. The van der Waals surface area contributed by atoms with Crippen LogP contribution in [0.1, 0.15) is 64.4 Å². The maximum atomic E-state index is 6.47. The number of rotatable bonds is 4. The van der Waals surface area contributed by atoms with Gasteiger partial charge in [0.05, 0.1) is 6.61 Å². The van der Waals surface area contributed by atoms with Crippen molar-refractivity contribution in [3.63, 3.8) is 0 Å². The van der Waals surface area contributed by atoms with Crippen LogP contribution < -0.4 is 9.64 Å². The van der Waals surface area contributed by atoms with Crippen LogP contribution in [0.25, 0.3) is 0 Å². The smallest absolute Gasteiger partial charge is 0.213 e. The van der Waals surface area contributed by atoms with E-state index in [0.29, 0.717) is 6.61 Å². The van der Waals surface area contributed by atoms with Crippen molar-refractivity contribution in [2.75, 3.05) is 31.1 Å². The van der Waals surface area contributed by atoms with Gasteiger partial charge in [0.1, 0.15) is 5.75 Å². The third kappa shape index (κ3) is 4.28. The average Bonchev–Trinajstić information content (AvgIpc) is 2.68. The fraction of sp³-hybridized carbons (Fsp3) is 0.750. The first-order valence-corrected chi connectivity index (χ1v) is 12.6. The summed E-state index contributed by atoms with van der Waals surface area (Å²) >= 11 is 2.14. The number of fused-ring (bicyclic) bond motifs is 1. The first kappa shape index (κ1) is 20.0. The minimum absolute atomic E-state index is 0.388. The highest BCUT2D eigenvalue weighted by atomic mass is 32.2. The molecule has 1 spiro atoms. The number of piperidine rings is 2. The van der Waals surface area contributed by atoms with Crippen molar-refractivity contribution in [3.8, 4) is 5.75 Å². The molecule has 1 aromatic rings. The SMILES string of the molecule is CC(C)SC1CCN(c2ccc3c(c2)COC2(CCN(C4CCC4)CC2)O3)CC1. The lowest BCUT2D eigenvalue weighted by Crippen LogP contribution is -2.54. The molecule has 4 aliphatic rings. The molecule has 1 saturated carbocycles. The summed E-state index contributed by atoms with van der Waals surface area (Å²) in [5.74, 6) is 0.656. The van der Waals surface area contributed by atoms with Gasteiger partial charge in [-0.15, -0.1) is 0 Å². The predicted molar refractivity (Wildman–Crippen MR) is 121 cm³/mol. The standard InChI is InChI=1S/C24H36N2O2S/c1-18(2)29-22-8-12-25(13-9-22)21-6-7-23-19(16-21)17-27-24(28-23)10-14-26(15-11-24)20-4-3-5-20/h6-7,16,18,20,22H,3-5,8-15,17H2,1-2H3. The molecular formula is C24H36N2O2S. The maximum absolute atomic E-state index is 6.47. The van der Waals surface area contributed by atoms with E-state index in [0.717, 1.165) is 61.3 Å². The molecule has 0 unspecified atom stereocenters. The lowest BCUT2D eigenvalue weighted by atomic mass is 9.89. The van der Waals surface area contributed by atoms with E-state index in [4.69, 9.17) is 9.47 Å². The third-order valence-electron chi connectivity index (χ3n) is 7.25. The van der Waals surface area contributed by atoms with E-state index in [-0.39, 0.29) is 5.79 Å². The van der Waals surface area contributed by atoms with Crippen LogP contribution in [-0.4, -0.2) is 53.4 Å². The zero-order chi connectivity index (χ0) is 19.8. The fourth-order valence-corrected chi connectivity index (χ4v) is 6.53. The van der Waals surface area contributed by atoms with E-state index in [1.54, 1.807) is 0 Å². The van der Waals surface area contributed by atoms with Gasteiger partial charge in [0, 0.05) is 61.6 Å². The van der Waals surface area contributed by atoms with Gasteiger partial charge >= 0.3 is 0 Å². The second-order valence-corrected chi connectivity index (χ2v) is 11.5. The number of benzene rings is 1. The van der Waals surface area contributed by atoms with E-state index in [1.165, 1.54) is 43.4 Å². The highest BCUT2D eigenvalue weighted by molar-refractivity contribution is 8.00. The third-order valence-corrected chi connectivity index (χ3v) is 8.65. The van der Waals surface area contributed by atoms with Crippen molar-refractivity contribution >= 4 is 17.4 Å². The zero-order valence-corrected chi connectivity index (χ0v) is 18.9. The van der Waals surface area contributed by atoms with E-state index >= 15 is 0 Å². The van der Waals surface area contributed by atoms with Crippen molar-refractivity contribution in [3.05, 3.63) is 23.8 Å². The zero-order valence-electron chi connectivity index (χ0n) is 18.1. The van der Waals surface area contributed by atoms with Gasteiger partial charge in [0.15, 0.2) is 0 Å². The summed E-state index contributed by atoms with van der Waals surface area (Å²) in [7, 11) is 0. The summed E-state index contributed by atoms with van der Waals surface area (Å²) in [6.07, 6.45) is 8.73. The van der Waals surface area contributed by atoms with E-state index in [2.05, 4.69) is 53.6 Å². The molecule has 0 amide bonds. The summed E-state index contributed by atoms with van der Waals surface area (Å²) in [4.78, 5) is 5.19. The first-order chi connectivity index (χ1) is 14.1. The molecular weight excluding hydrogens is 380 g/mol. The van der Waals surface area contributed by atoms with Gasteiger partial charge in [-0.3, -0.25) is 4.90 Å². The number of thioether (sulfide) groups is 1. The van der Waals surface area contributed by atoms with Gasteiger partial charge in [-0.1, -0.05) is 20.3 Å². The maximum Gasteiger partial charge on any atom is 0.213 e. The van der Waals surface area contributed by atoms with Crippen molar-refractivity contribution in [1.29, 1.82) is 0 Å². The lowest BCUT2D eigenvalue weighted by Gasteiger charge is -2.47.